The van der Waals surface area contributed by atoms with E-state index in [4.69, 9.17) is 42.9 Å². The summed E-state index contributed by atoms with van der Waals surface area (Å²) in [5.41, 5.74) is 5.87. The highest BCUT2D eigenvalue weighted by Crippen LogP contribution is 2.30. The molecule has 6 rings (SSSR count). The quantitative estimate of drug-likeness (QED) is 0.279. The van der Waals surface area contributed by atoms with Crippen LogP contribution in [0.3, 0.4) is 0 Å². The normalized spacial score (nSPS) is 12.0. The molecule has 0 fully saturated rings. The molecule has 6 nitrogen and oxygen atoms in total. The van der Waals surface area contributed by atoms with E-state index in [2.05, 4.69) is 41.9 Å². The summed E-state index contributed by atoms with van der Waals surface area (Å²) in [6, 6.07) is 24.2. The van der Waals surface area contributed by atoms with Crippen molar-refractivity contribution in [1.82, 2.24) is 28.7 Å². The zero-order chi connectivity index (χ0) is 22.5. The number of benzene rings is 3. The van der Waals surface area contributed by atoms with Gasteiger partial charge in [0.25, 0.3) is 0 Å². The van der Waals surface area contributed by atoms with Crippen molar-refractivity contribution in [3.63, 3.8) is 0 Å². The number of rotatable bonds is 5. The number of para-hydroxylation sites is 6. The molecule has 164 valence electrons. The fraction of sp³-hybridized carbons (Fsp3) is 0.125. The van der Waals surface area contributed by atoms with Crippen molar-refractivity contribution in [2.75, 3.05) is 0 Å². The molecule has 3 heterocycles. The van der Waals surface area contributed by atoms with Crippen LogP contribution in [0.4, 0.5) is 0 Å². The van der Waals surface area contributed by atoms with E-state index in [0.29, 0.717) is 28.6 Å². The SMILES string of the molecule is Sc1nc2ccccc2n1CC(Cn1c(S)nc2ccccc21)n1c(S)nc2ccccc21. The average Bonchev–Trinajstić information content (AvgIpc) is 3.43. The second kappa shape index (κ2) is 8.16. The van der Waals surface area contributed by atoms with Gasteiger partial charge in [0.2, 0.25) is 0 Å². The van der Waals surface area contributed by atoms with E-state index in [9.17, 15) is 0 Å². The first-order chi connectivity index (χ1) is 16.1. The van der Waals surface area contributed by atoms with E-state index >= 15 is 0 Å². The van der Waals surface area contributed by atoms with Crippen LogP contribution in [-0.2, 0) is 13.1 Å². The Morgan fingerprint density at radius 3 is 1.45 bits per heavy atom. The zero-order valence-electron chi connectivity index (χ0n) is 17.4. The Labute approximate surface area is 206 Å². The van der Waals surface area contributed by atoms with Crippen LogP contribution in [0.25, 0.3) is 33.1 Å². The molecular weight excluding hydrogens is 469 g/mol. The van der Waals surface area contributed by atoms with Gasteiger partial charge in [-0.1, -0.05) is 36.4 Å². The lowest BCUT2D eigenvalue weighted by Crippen LogP contribution is -2.22. The summed E-state index contributed by atoms with van der Waals surface area (Å²) in [6.07, 6.45) is 0. The largest absolute Gasteiger partial charge is 0.317 e. The minimum atomic E-state index is -0.0445. The number of fused-ring (bicyclic) bond motifs is 3. The molecular formula is C24H20N6S3. The van der Waals surface area contributed by atoms with Gasteiger partial charge in [-0.2, -0.15) is 0 Å². The second-order valence-corrected chi connectivity index (χ2v) is 9.15. The molecule has 0 amide bonds. The van der Waals surface area contributed by atoms with Gasteiger partial charge >= 0.3 is 0 Å². The number of nitrogens with zero attached hydrogens (tertiary/aromatic N) is 6. The van der Waals surface area contributed by atoms with E-state index < -0.39 is 0 Å². The van der Waals surface area contributed by atoms with Crippen LogP contribution in [0.5, 0.6) is 0 Å². The van der Waals surface area contributed by atoms with Gasteiger partial charge in [-0.3, -0.25) is 0 Å². The summed E-state index contributed by atoms with van der Waals surface area (Å²) in [7, 11) is 0. The van der Waals surface area contributed by atoms with Crippen molar-refractivity contribution in [2.24, 2.45) is 0 Å². The number of imidazole rings is 3. The van der Waals surface area contributed by atoms with E-state index in [-0.39, 0.29) is 6.04 Å². The highest BCUT2D eigenvalue weighted by Gasteiger charge is 2.23. The topological polar surface area (TPSA) is 53.5 Å². The van der Waals surface area contributed by atoms with Gasteiger partial charge in [-0.05, 0) is 36.4 Å². The van der Waals surface area contributed by atoms with E-state index in [1.807, 2.05) is 54.6 Å². The summed E-state index contributed by atoms with van der Waals surface area (Å²) >= 11 is 14.2. The monoisotopic (exact) mass is 488 g/mol. The molecule has 0 N–H and O–H groups in total. The Morgan fingerprint density at radius 2 is 0.939 bits per heavy atom. The predicted octanol–water partition coefficient (Wildman–Crippen LogP) is 5.54. The van der Waals surface area contributed by atoms with Gasteiger partial charge in [0.15, 0.2) is 15.5 Å². The third-order valence-corrected chi connectivity index (χ3v) is 7.00. The fourth-order valence-electron chi connectivity index (χ4n) is 4.52. The minimum absolute atomic E-state index is 0.0445. The zero-order valence-corrected chi connectivity index (χ0v) is 20.1. The molecule has 0 bridgehead atoms. The number of aromatic nitrogens is 6. The molecule has 0 atom stereocenters. The first kappa shape index (κ1) is 20.7. The smallest absolute Gasteiger partial charge is 0.166 e. The predicted molar refractivity (Wildman–Crippen MR) is 140 cm³/mol. The molecule has 0 unspecified atom stereocenters. The van der Waals surface area contributed by atoms with Crippen LogP contribution in [0.15, 0.2) is 88.3 Å². The third-order valence-electron chi connectivity index (χ3n) is 6.00. The number of hydrogen-bond donors (Lipinski definition) is 3. The van der Waals surface area contributed by atoms with Crippen molar-refractivity contribution < 1.29 is 0 Å². The Kier molecular flexibility index (Phi) is 5.12. The molecule has 3 aromatic heterocycles. The number of thiol groups is 3. The molecule has 0 aliphatic heterocycles. The van der Waals surface area contributed by atoms with Gasteiger partial charge in [-0.25, -0.2) is 15.0 Å². The molecule has 33 heavy (non-hydrogen) atoms. The maximum absolute atomic E-state index is 4.76. The fourth-order valence-corrected chi connectivity index (χ4v) is 5.49. The van der Waals surface area contributed by atoms with Crippen molar-refractivity contribution in [2.45, 2.75) is 34.6 Å². The lowest BCUT2D eigenvalue weighted by molar-refractivity contribution is 0.355. The van der Waals surface area contributed by atoms with Gasteiger partial charge < -0.3 is 13.7 Å². The average molecular weight is 489 g/mol. The van der Waals surface area contributed by atoms with Gasteiger partial charge in [-0.15, -0.1) is 37.9 Å². The molecule has 9 heteroatoms. The Morgan fingerprint density at radius 1 is 0.545 bits per heavy atom. The molecule has 0 radical (unpaired) electrons. The van der Waals surface area contributed by atoms with Gasteiger partial charge in [0.05, 0.1) is 39.1 Å². The van der Waals surface area contributed by atoms with Crippen molar-refractivity contribution in [3.05, 3.63) is 72.8 Å². The summed E-state index contributed by atoms with van der Waals surface area (Å²) < 4.78 is 6.47. The van der Waals surface area contributed by atoms with Gasteiger partial charge in [0, 0.05) is 13.1 Å². The molecule has 3 aromatic carbocycles. The van der Waals surface area contributed by atoms with Crippen molar-refractivity contribution in [1.29, 1.82) is 0 Å². The Balaban J connectivity index is 1.53. The minimum Gasteiger partial charge on any atom is -0.317 e. The highest BCUT2D eigenvalue weighted by atomic mass is 32.1. The third kappa shape index (κ3) is 3.51. The molecule has 6 aromatic rings. The van der Waals surface area contributed by atoms with Crippen LogP contribution >= 0.6 is 37.9 Å². The molecule has 0 aliphatic carbocycles. The van der Waals surface area contributed by atoms with Crippen LogP contribution < -0.4 is 0 Å². The van der Waals surface area contributed by atoms with Crippen LogP contribution in [0.1, 0.15) is 6.04 Å². The lowest BCUT2D eigenvalue weighted by atomic mass is 10.2. The maximum Gasteiger partial charge on any atom is 0.166 e. The van der Waals surface area contributed by atoms with E-state index in [1.165, 1.54) is 0 Å². The highest BCUT2D eigenvalue weighted by molar-refractivity contribution is 7.80. The first-order valence-corrected chi connectivity index (χ1v) is 11.9. The standard InChI is InChI=1S/C24H20N6S3/c31-22-25-16-7-1-4-10-19(16)28(22)13-15(30-21-12-6-3-9-18(21)27-24(30)33)14-29-20-11-5-2-8-17(20)26-23(29)32/h1-12,15H,13-14H2,(H,25,31)(H,26,32)(H,27,33). The summed E-state index contributed by atoms with van der Waals surface area (Å²) in [5.74, 6) is 0. The molecule has 0 saturated heterocycles. The van der Waals surface area contributed by atoms with Crippen LogP contribution in [0.2, 0.25) is 0 Å². The Hall–Kier alpha value is -2.88. The molecule has 0 spiro atoms. The molecule has 0 aliphatic rings. The maximum atomic E-state index is 4.76. The van der Waals surface area contributed by atoms with Crippen LogP contribution in [-0.4, -0.2) is 28.7 Å². The van der Waals surface area contributed by atoms with E-state index in [0.717, 1.165) is 33.1 Å². The Bertz CT molecular complexity index is 1550. The first-order valence-electron chi connectivity index (χ1n) is 10.5. The molecule has 0 saturated carbocycles. The van der Waals surface area contributed by atoms with Gasteiger partial charge in [0.1, 0.15) is 0 Å². The lowest BCUT2D eigenvalue weighted by Gasteiger charge is -2.24. The second-order valence-electron chi connectivity index (χ2n) is 7.95. The summed E-state index contributed by atoms with van der Waals surface area (Å²) in [4.78, 5) is 14.0. The summed E-state index contributed by atoms with van der Waals surface area (Å²) in [5, 5.41) is 2.01. The van der Waals surface area contributed by atoms with Crippen molar-refractivity contribution >= 4 is 71.0 Å². The van der Waals surface area contributed by atoms with Crippen LogP contribution in [0, 0.1) is 0 Å². The summed E-state index contributed by atoms with van der Waals surface area (Å²) in [6.45, 7) is 1.26. The van der Waals surface area contributed by atoms with E-state index in [1.54, 1.807) is 0 Å². The number of hydrogen-bond acceptors (Lipinski definition) is 6. The van der Waals surface area contributed by atoms with Crippen molar-refractivity contribution in [3.8, 4) is 0 Å².